The average Bonchev–Trinajstić information content (AvgIpc) is 3.07. The van der Waals surface area contributed by atoms with Crippen molar-refractivity contribution in [3.63, 3.8) is 0 Å². The van der Waals surface area contributed by atoms with Gasteiger partial charge in [-0.3, -0.25) is 9.59 Å². The van der Waals surface area contributed by atoms with Crippen LogP contribution in [0.2, 0.25) is 0 Å². The van der Waals surface area contributed by atoms with Crippen LogP contribution in [0.25, 0.3) is 10.8 Å². The van der Waals surface area contributed by atoms with Gasteiger partial charge in [0, 0.05) is 24.4 Å². The van der Waals surface area contributed by atoms with E-state index in [0.717, 1.165) is 18.2 Å². The number of piperidine rings is 1. The van der Waals surface area contributed by atoms with Crippen molar-refractivity contribution in [2.75, 3.05) is 13.1 Å². The number of carbonyl (C=O) groups is 1. The number of aromatic amines is 1. The molecule has 3 heterocycles. The third-order valence-corrected chi connectivity index (χ3v) is 4.66. The lowest BCUT2D eigenvalue weighted by molar-refractivity contribution is 0.0698. The van der Waals surface area contributed by atoms with Crippen LogP contribution in [-0.4, -0.2) is 39.0 Å². The minimum absolute atomic E-state index is 0.150. The van der Waals surface area contributed by atoms with E-state index in [4.69, 9.17) is 4.52 Å². The Morgan fingerprint density at radius 3 is 2.76 bits per heavy atom. The summed E-state index contributed by atoms with van der Waals surface area (Å²) >= 11 is 0. The molecule has 1 fully saturated rings. The number of aromatic nitrogens is 3. The van der Waals surface area contributed by atoms with Crippen molar-refractivity contribution in [1.82, 2.24) is 20.0 Å². The fourth-order valence-electron chi connectivity index (χ4n) is 3.30. The molecule has 25 heavy (non-hydrogen) atoms. The Bertz CT molecular complexity index is 983. The van der Waals surface area contributed by atoms with E-state index < -0.39 is 0 Å². The topological polar surface area (TPSA) is 92.1 Å². The fourth-order valence-corrected chi connectivity index (χ4v) is 3.30. The molecule has 4 rings (SSSR count). The summed E-state index contributed by atoms with van der Waals surface area (Å²) in [6.45, 7) is 2.99. The molecule has 0 atom stereocenters. The monoisotopic (exact) mass is 338 g/mol. The number of carbonyl (C=O) groups excluding carboxylic acids is 1. The number of benzene rings is 1. The third kappa shape index (κ3) is 2.93. The molecular weight excluding hydrogens is 320 g/mol. The molecule has 0 spiro atoms. The number of aryl methyl sites for hydroxylation is 1. The Balaban J connectivity index is 1.51. The first-order chi connectivity index (χ1) is 12.1. The van der Waals surface area contributed by atoms with Gasteiger partial charge in [0.2, 0.25) is 5.89 Å². The van der Waals surface area contributed by atoms with Gasteiger partial charge in [-0.2, -0.15) is 4.98 Å². The van der Waals surface area contributed by atoms with Crippen LogP contribution in [0, 0.1) is 6.92 Å². The van der Waals surface area contributed by atoms with Crippen molar-refractivity contribution in [2.24, 2.45) is 0 Å². The minimum atomic E-state index is -0.238. The minimum Gasteiger partial charge on any atom is -0.339 e. The van der Waals surface area contributed by atoms with E-state index in [1.165, 1.54) is 0 Å². The van der Waals surface area contributed by atoms with Crippen molar-refractivity contribution in [3.8, 4) is 0 Å². The van der Waals surface area contributed by atoms with Gasteiger partial charge in [0.05, 0.1) is 0 Å². The number of rotatable bonds is 2. The molecule has 0 bridgehead atoms. The molecule has 128 valence electrons. The van der Waals surface area contributed by atoms with Crippen molar-refractivity contribution in [2.45, 2.75) is 25.7 Å². The molecule has 0 unspecified atom stereocenters. The molecular formula is C18H18N4O3. The molecule has 7 nitrogen and oxygen atoms in total. The quantitative estimate of drug-likeness (QED) is 0.773. The summed E-state index contributed by atoms with van der Waals surface area (Å²) in [5.74, 6) is 1.30. The van der Waals surface area contributed by atoms with Crippen LogP contribution in [0.4, 0.5) is 0 Å². The molecule has 0 saturated carbocycles. The van der Waals surface area contributed by atoms with E-state index in [9.17, 15) is 9.59 Å². The smallest absolute Gasteiger partial charge is 0.270 e. The lowest BCUT2D eigenvalue weighted by Gasteiger charge is -2.30. The van der Waals surface area contributed by atoms with Crippen molar-refractivity contribution in [1.29, 1.82) is 0 Å². The van der Waals surface area contributed by atoms with Gasteiger partial charge in [0.25, 0.3) is 11.5 Å². The number of likely N-dealkylation sites (tertiary alicyclic amines) is 1. The summed E-state index contributed by atoms with van der Waals surface area (Å²) in [5.41, 5.74) is 0.0912. The van der Waals surface area contributed by atoms with Gasteiger partial charge in [0.15, 0.2) is 5.82 Å². The van der Waals surface area contributed by atoms with E-state index in [1.54, 1.807) is 24.0 Å². The standard InChI is InChI=1S/C18H18N4O3/c1-11-19-17(25-21-11)12-6-8-22(9-7-12)18(24)15-10-13-4-2-3-5-14(13)16(23)20-15/h2-5,10,12H,6-9H2,1H3,(H,20,23). The number of hydrogen-bond acceptors (Lipinski definition) is 5. The van der Waals surface area contributed by atoms with Gasteiger partial charge in [0.1, 0.15) is 5.69 Å². The van der Waals surface area contributed by atoms with E-state index in [0.29, 0.717) is 35.9 Å². The highest BCUT2D eigenvalue weighted by Gasteiger charge is 2.28. The number of hydrogen-bond donors (Lipinski definition) is 1. The number of pyridine rings is 1. The SMILES string of the molecule is Cc1noc(C2CCN(C(=O)c3cc4ccccc4c(=O)[nH]3)CC2)n1. The molecule has 1 aliphatic heterocycles. The van der Waals surface area contributed by atoms with Gasteiger partial charge in [-0.15, -0.1) is 0 Å². The molecule has 0 aliphatic carbocycles. The highest BCUT2D eigenvalue weighted by Crippen LogP contribution is 2.27. The molecule has 7 heteroatoms. The first kappa shape index (κ1) is 15.6. The van der Waals surface area contributed by atoms with Gasteiger partial charge >= 0.3 is 0 Å². The van der Waals surface area contributed by atoms with Crippen LogP contribution in [0.15, 0.2) is 39.6 Å². The summed E-state index contributed by atoms with van der Waals surface area (Å²) in [5, 5.41) is 5.18. The second-order valence-corrected chi connectivity index (χ2v) is 6.35. The van der Waals surface area contributed by atoms with Crippen LogP contribution in [0.1, 0.15) is 41.0 Å². The zero-order chi connectivity index (χ0) is 17.4. The van der Waals surface area contributed by atoms with E-state index in [-0.39, 0.29) is 17.4 Å². The van der Waals surface area contributed by atoms with Gasteiger partial charge < -0.3 is 14.4 Å². The molecule has 1 N–H and O–H groups in total. The second-order valence-electron chi connectivity index (χ2n) is 6.35. The third-order valence-electron chi connectivity index (χ3n) is 4.66. The first-order valence-electron chi connectivity index (χ1n) is 8.33. The predicted octanol–water partition coefficient (Wildman–Crippen LogP) is 2.24. The lowest BCUT2D eigenvalue weighted by atomic mass is 9.96. The maximum absolute atomic E-state index is 12.7. The Hall–Kier alpha value is -2.96. The summed E-state index contributed by atoms with van der Waals surface area (Å²) < 4.78 is 5.24. The molecule has 1 aliphatic rings. The zero-order valence-corrected chi connectivity index (χ0v) is 13.9. The molecule has 1 aromatic carbocycles. The first-order valence-corrected chi connectivity index (χ1v) is 8.33. The van der Waals surface area contributed by atoms with Crippen LogP contribution in [0.5, 0.6) is 0 Å². The number of nitrogens with zero attached hydrogens (tertiary/aromatic N) is 3. The van der Waals surface area contributed by atoms with E-state index in [1.807, 2.05) is 18.2 Å². The highest BCUT2D eigenvalue weighted by molar-refractivity contribution is 5.96. The second kappa shape index (κ2) is 6.16. The van der Waals surface area contributed by atoms with E-state index in [2.05, 4.69) is 15.1 Å². The number of H-pyrrole nitrogens is 1. The number of nitrogens with one attached hydrogen (secondary N) is 1. The molecule has 2 aromatic heterocycles. The average molecular weight is 338 g/mol. The van der Waals surface area contributed by atoms with Crippen LogP contribution < -0.4 is 5.56 Å². The Morgan fingerprint density at radius 1 is 1.28 bits per heavy atom. The highest BCUT2D eigenvalue weighted by atomic mass is 16.5. The molecule has 0 radical (unpaired) electrons. The summed E-state index contributed by atoms with van der Waals surface area (Å²) in [7, 11) is 0. The normalized spacial score (nSPS) is 15.6. The van der Waals surface area contributed by atoms with Crippen molar-refractivity contribution in [3.05, 3.63) is 58.1 Å². The van der Waals surface area contributed by atoms with Gasteiger partial charge in [-0.25, -0.2) is 0 Å². The van der Waals surface area contributed by atoms with Crippen LogP contribution in [-0.2, 0) is 0 Å². The molecule has 1 amide bonds. The zero-order valence-electron chi connectivity index (χ0n) is 13.9. The van der Waals surface area contributed by atoms with Crippen LogP contribution in [0.3, 0.4) is 0 Å². The fraction of sp³-hybridized carbons (Fsp3) is 0.333. The molecule has 3 aromatic rings. The number of amides is 1. The largest absolute Gasteiger partial charge is 0.339 e. The van der Waals surface area contributed by atoms with Gasteiger partial charge in [-0.1, -0.05) is 23.4 Å². The summed E-state index contributed by atoms with van der Waals surface area (Å²) in [6.07, 6.45) is 1.54. The number of fused-ring (bicyclic) bond motifs is 1. The Kier molecular flexibility index (Phi) is 3.83. The van der Waals surface area contributed by atoms with E-state index >= 15 is 0 Å². The van der Waals surface area contributed by atoms with Crippen molar-refractivity contribution >= 4 is 16.7 Å². The van der Waals surface area contributed by atoms with Gasteiger partial charge in [-0.05, 0) is 37.3 Å². The maximum Gasteiger partial charge on any atom is 0.270 e. The van der Waals surface area contributed by atoms with Crippen molar-refractivity contribution < 1.29 is 9.32 Å². The summed E-state index contributed by atoms with van der Waals surface area (Å²) in [4.78, 5) is 33.7. The van der Waals surface area contributed by atoms with Crippen LogP contribution >= 0.6 is 0 Å². The Morgan fingerprint density at radius 2 is 2.04 bits per heavy atom. The summed E-state index contributed by atoms with van der Waals surface area (Å²) in [6, 6.07) is 9.00. The molecule has 1 saturated heterocycles. The Labute approximate surface area is 143 Å². The predicted molar refractivity (Wildman–Crippen MR) is 91.5 cm³/mol. The lowest BCUT2D eigenvalue weighted by Crippen LogP contribution is -2.39. The maximum atomic E-state index is 12.7.